The van der Waals surface area contributed by atoms with Crippen LogP contribution in [-0.2, 0) is 0 Å². The quantitative estimate of drug-likeness (QED) is 0.453. The number of aliphatic hydroxyl groups is 1. The standard InChI is InChI=1S/C25H24O5/c1-27-21-10-11-22(28-2)17-13-19-18(12-16(17)21)23(29-3)14-20(25(19)30-4)24(26)15-8-6-5-7-9-15/h5-14,24,26H,1-4H3. The fourth-order valence-electron chi connectivity index (χ4n) is 3.94. The van der Waals surface area contributed by atoms with Crippen molar-refractivity contribution in [2.24, 2.45) is 0 Å². The molecule has 1 unspecified atom stereocenters. The number of benzene rings is 4. The van der Waals surface area contributed by atoms with Crippen LogP contribution in [0.3, 0.4) is 0 Å². The summed E-state index contributed by atoms with van der Waals surface area (Å²) in [6.45, 7) is 0. The molecule has 5 nitrogen and oxygen atoms in total. The molecule has 1 N–H and O–H groups in total. The van der Waals surface area contributed by atoms with Crippen LogP contribution in [0.1, 0.15) is 17.2 Å². The van der Waals surface area contributed by atoms with Gasteiger partial charge in [-0.25, -0.2) is 0 Å². The van der Waals surface area contributed by atoms with Crippen molar-refractivity contribution in [3.05, 3.63) is 71.8 Å². The highest BCUT2D eigenvalue weighted by atomic mass is 16.5. The minimum absolute atomic E-state index is 0.592. The Balaban J connectivity index is 2.08. The number of ether oxygens (including phenoxy) is 4. The molecule has 0 fully saturated rings. The highest BCUT2D eigenvalue weighted by Gasteiger charge is 2.22. The van der Waals surface area contributed by atoms with E-state index in [0.29, 0.717) is 17.1 Å². The average molecular weight is 404 g/mol. The van der Waals surface area contributed by atoms with Gasteiger partial charge in [0.25, 0.3) is 0 Å². The fourth-order valence-corrected chi connectivity index (χ4v) is 3.94. The second-order valence-corrected chi connectivity index (χ2v) is 6.93. The lowest BCUT2D eigenvalue weighted by Crippen LogP contribution is -2.04. The summed E-state index contributed by atoms with van der Waals surface area (Å²) in [7, 11) is 6.50. The molecule has 0 aliphatic carbocycles. The van der Waals surface area contributed by atoms with Crippen LogP contribution < -0.4 is 18.9 Å². The first-order valence-electron chi connectivity index (χ1n) is 9.59. The third-order valence-electron chi connectivity index (χ3n) is 5.41. The zero-order valence-corrected chi connectivity index (χ0v) is 17.4. The molecule has 0 spiro atoms. The maximum Gasteiger partial charge on any atom is 0.133 e. The number of fused-ring (bicyclic) bond motifs is 2. The Morgan fingerprint density at radius 1 is 0.600 bits per heavy atom. The van der Waals surface area contributed by atoms with Crippen LogP contribution in [-0.4, -0.2) is 33.5 Å². The zero-order valence-electron chi connectivity index (χ0n) is 17.4. The lowest BCUT2D eigenvalue weighted by atomic mass is 9.94. The normalized spacial score (nSPS) is 12.0. The molecule has 0 aliphatic heterocycles. The summed E-state index contributed by atoms with van der Waals surface area (Å²) in [5.41, 5.74) is 1.41. The monoisotopic (exact) mass is 404 g/mol. The van der Waals surface area contributed by atoms with Gasteiger partial charge in [0.05, 0.1) is 28.4 Å². The molecule has 0 bridgehead atoms. The van der Waals surface area contributed by atoms with Gasteiger partial charge in [-0.05, 0) is 35.9 Å². The van der Waals surface area contributed by atoms with Gasteiger partial charge in [0.15, 0.2) is 0 Å². The van der Waals surface area contributed by atoms with Crippen LogP contribution in [0.4, 0.5) is 0 Å². The van der Waals surface area contributed by atoms with Crippen molar-refractivity contribution in [2.75, 3.05) is 28.4 Å². The van der Waals surface area contributed by atoms with Crippen molar-refractivity contribution in [2.45, 2.75) is 6.10 Å². The van der Waals surface area contributed by atoms with Crippen molar-refractivity contribution in [3.8, 4) is 23.0 Å². The van der Waals surface area contributed by atoms with Gasteiger partial charge in [-0.3, -0.25) is 0 Å². The number of methoxy groups -OCH3 is 4. The van der Waals surface area contributed by atoms with Gasteiger partial charge in [0, 0.05) is 27.1 Å². The molecule has 4 aromatic carbocycles. The summed E-state index contributed by atoms with van der Waals surface area (Å²) in [4.78, 5) is 0. The Kier molecular flexibility index (Phi) is 5.38. The molecular formula is C25H24O5. The van der Waals surface area contributed by atoms with Crippen LogP contribution in [0, 0.1) is 0 Å². The van der Waals surface area contributed by atoms with Gasteiger partial charge in [0.2, 0.25) is 0 Å². The van der Waals surface area contributed by atoms with E-state index in [-0.39, 0.29) is 0 Å². The first-order chi connectivity index (χ1) is 14.6. The van der Waals surface area contributed by atoms with E-state index >= 15 is 0 Å². The molecule has 0 aromatic heterocycles. The SMILES string of the molecule is COc1ccc(OC)c2cc3c(OC)c(C(O)c4ccccc4)cc(OC)c3cc12. The summed E-state index contributed by atoms with van der Waals surface area (Å²) in [6.07, 6.45) is -0.859. The minimum Gasteiger partial charge on any atom is -0.496 e. The predicted molar refractivity (Wildman–Crippen MR) is 118 cm³/mol. The molecule has 0 saturated carbocycles. The molecule has 4 rings (SSSR count). The highest BCUT2D eigenvalue weighted by molar-refractivity contribution is 6.08. The van der Waals surface area contributed by atoms with Crippen LogP contribution in [0.25, 0.3) is 21.5 Å². The van der Waals surface area contributed by atoms with Crippen molar-refractivity contribution in [1.29, 1.82) is 0 Å². The number of aliphatic hydroxyl groups excluding tert-OH is 1. The fraction of sp³-hybridized carbons (Fsp3) is 0.200. The van der Waals surface area contributed by atoms with Crippen molar-refractivity contribution in [1.82, 2.24) is 0 Å². The Morgan fingerprint density at radius 3 is 1.67 bits per heavy atom. The molecule has 30 heavy (non-hydrogen) atoms. The second kappa shape index (κ2) is 8.13. The van der Waals surface area contributed by atoms with Crippen LogP contribution in [0.5, 0.6) is 23.0 Å². The summed E-state index contributed by atoms with van der Waals surface area (Å²) < 4.78 is 22.6. The smallest absolute Gasteiger partial charge is 0.133 e. The minimum atomic E-state index is -0.859. The van der Waals surface area contributed by atoms with Crippen molar-refractivity contribution < 1.29 is 24.1 Å². The molecule has 154 valence electrons. The van der Waals surface area contributed by atoms with E-state index in [1.807, 2.05) is 60.7 Å². The summed E-state index contributed by atoms with van der Waals surface area (Å²) >= 11 is 0. The van der Waals surface area contributed by atoms with E-state index in [2.05, 4.69) is 0 Å². The van der Waals surface area contributed by atoms with Gasteiger partial charge in [-0.1, -0.05) is 30.3 Å². The Morgan fingerprint density at radius 2 is 1.13 bits per heavy atom. The Labute approximate surface area is 175 Å². The molecule has 0 radical (unpaired) electrons. The molecule has 0 aliphatic rings. The third-order valence-corrected chi connectivity index (χ3v) is 5.41. The van der Waals surface area contributed by atoms with E-state index in [1.54, 1.807) is 28.4 Å². The van der Waals surface area contributed by atoms with Crippen LogP contribution in [0.2, 0.25) is 0 Å². The predicted octanol–water partition coefficient (Wildman–Crippen LogP) is 5.11. The Hall–Kier alpha value is -3.44. The lowest BCUT2D eigenvalue weighted by molar-refractivity contribution is 0.214. The van der Waals surface area contributed by atoms with Gasteiger partial charge >= 0.3 is 0 Å². The molecule has 1 atom stereocenters. The first kappa shape index (κ1) is 19.9. The molecule has 0 heterocycles. The molecule has 0 amide bonds. The van der Waals surface area contributed by atoms with Gasteiger partial charge in [-0.15, -0.1) is 0 Å². The van der Waals surface area contributed by atoms with Crippen molar-refractivity contribution in [3.63, 3.8) is 0 Å². The van der Waals surface area contributed by atoms with Gasteiger partial charge < -0.3 is 24.1 Å². The summed E-state index contributed by atoms with van der Waals surface area (Å²) in [5.74, 6) is 2.70. The molecule has 4 aromatic rings. The van der Waals surface area contributed by atoms with Crippen molar-refractivity contribution >= 4 is 21.5 Å². The summed E-state index contributed by atoms with van der Waals surface area (Å²) in [6, 6.07) is 19.1. The van der Waals surface area contributed by atoms with Crippen LogP contribution >= 0.6 is 0 Å². The zero-order chi connectivity index (χ0) is 21.3. The van der Waals surface area contributed by atoms with Crippen LogP contribution in [0.15, 0.2) is 60.7 Å². The molecule has 5 heteroatoms. The largest absolute Gasteiger partial charge is 0.496 e. The molecular weight excluding hydrogens is 380 g/mol. The van der Waals surface area contributed by atoms with E-state index in [1.165, 1.54) is 0 Å². The first-order valence-corrected chi connectivity index (χ1v) is 9.59. The Bertz CT molecular complexity index is 1200. The van der Waals surface area contributed by atoms with E-state index in [9.17, 15) is 5.11 Å². The lowest BCUT2D eigenvalue weighted by Gasteiger charge is -2.20. The van der Waals surface area contributed by atoms with Gasteiger partial charge in [-0.2, -0.15) is 0 Å². The van der Waals surface area contributed by atoms with E-state index in [0.717, 1.165) is 38.6 Å². The van der Waals surface area contributed by atoms with Gasteiger partial charge in [0.1, 0.15) is 29.1 Å². The van der Waals surface area contributed by atoms with E-state index < -0.39 is 6.10 Å². The maximum absolute atomic E-state index is 11.1. The number of hydrogen-bond acceptors (Lipinski definition) is 5. The number of rotatable bonds is 6. The number of hydrogen-bond donors (Lipinski definition) is 1. The topological polar surface area (TPSA) is 57.2 Å². The second-order valence-electron chi connectivity index (χ2n) is 6.93. The average Bonchev–Trinajstić information content (AvgIpc) is 2.81. The highest BCUT2D eigenvalue weighted by Crippen LogP contribution is 2.45. The van der Waals surface area contributed by atoms with E-state index in [4.69, 9.17) is 18.9 Å². The third kappa shape index (κ3) is 3.17. The summed E-state index contributed by atoms with van der Waals surface area (Å²) in [5, 5.41) is 14.6. The molecule has 0 saturated heterocycles. The maximum atomic E-state index is 11.1.